The van der Waals surface area contributed by atoms with Crippen molar-refractivity contribution in [3.05, 3.63) is 59.7 Å². The Kier molecular flexibility index (Phi) is 5.15. The van der Waals surface area contributed by atoms with E-state index in [9.17, 15) is 8.42 Å². The largest absolute Gasteiger partial charge is 0.280 e. The molecule has 0 bridgehead atoms. The van der Waals surface area contributed by atoms with E-state index in [-0.39, 0.29) is 4.90 Å². The lowest BCUT2D eigenvalue weighted by Crippen LogP contribution is -2.13. The summed E-state index contributed by atoms with van der Waals surface area (Å²) in [5.74, 6) is 0. The molecular weight excluding hydrogens is 306 g/mol. The van der Waals surface area contributed by atoms with E-state index in [1.807, 2.05) is 31.2 Å². The van der Waals surface area contributed by atoms with Crippen molar-refractivity contribution < 1.29 is 8.42 Å². The third kappa shape index (κ3) is 5.39. The molecule has 0 spiro atoms. The zero-order valence-electron chi connectivity index (χ0n) is 14.3. The van der Waals surface area contributed by atoms with Crippen molar-refractivity contribution in [2.75, 3.05) is 4.72 Å². The van der Waals surface area contributed by atoms with Gasteiger partial charge in [0, 0.05) is 5.69 Å². The number of hydrogen-bond acceptors (Lipinski definition) is 2. The van der Waals surface area contributed by atoms with Gasteiger partial charge in [0.15, 0.2) is 0 Å². The summed E-state index contributed by atoms with van der Waals surface area (Å²) in [5.41, 5.74) is 3.14. The number of rotatable bonds is 5. The average Bonchev–Trinajstić information content (AvgIpc) is 2.46. The molecule has 0 aliphatic heterocycles. The predicted molar refractivity (Wildman–Crippen MR) is 96.2 cm³/mol. The van der Waals surface area contributed by atoms with E-state index in [4.69, 9.17) is 0 Å². The molecule has 2 aromatic rings. The van der Waals surface area contributed by atoms with Crippen LogP contribution in [0.15, 0.2) is 53.4 Å². The van der Waals surface area contributed by atoms with Crippen LogP contribution in [-0.2, 0) is 16.4 Å². The maximum atomic E-state index is 12.3. The first-order valence-corrected chi connectivity index (χ1v) is 9.32. The monoisotopic (exact) mass is 331 g/mol. The number of aryl methyl sites for hydroxylation is 2. The molecule has 4 heteroatoms. The van der Waals surface area contributed by atoms with Gasteiger partial charge in [-0.05, 0) is 55.0 Å². The van der Waals surface area contributed by atoms with Gasteiger partial charge in [-0.3, -0.25) is 4.72 Å². The fourth-order valence-corrected chi connectivity index (χ4v) is 3.25. The summed E-state index contributed by atoms with van der Waals surface area (Å²) in [6.45, 7) is 8.59. The van der Waals surface area contributed by atoms with Crippen LogP contribution in [0.1, 0.15) is 38.3 Å². The highest BCUT2D eigenvalue weighted by atomic mass is 32.2. The standard InChI is InChI=1S/C19H25NO2S/c1-15-5-11-18(12-6-15)23(21,22)20-17-9-7-16(8-10-17)13-14-19(2,3)4/h5-12,20H,13-14H2,1-4H3. The van der Waals surface area contributed by atoms with Crippen LogP contribution >= 0.6 is 0 Å². The van der Waals surface area contributed by atoms with Crippen LogP contribution in [0.4, 0.5) is 5.69 Å². The molecular formula is C19H25NO2S. The normalized spacial score (nSPS) is 12.2. The van der Waals surface area contributed by atoms with Crippen LogP contribution in [0.25, 0.3) is 0 Å². The van der Waals surface area contributed by atoms with Crippen LogP contribution in [-0.4, -0.2) is 8.42 Å². The van der Waals surface area contributed by atoms with E-state index in [0.717, 1.165) is 18.4 Å². The van der Waals surface area contributed by atoms with Crippen molar-refractivity contribution in [3.8, 4) is 0 Å². The van der Waals surface area contributed by atoms with Crippen LogP contribution in [0.3, 0.4) is 0 Å². The zero-order valence-corrected chi connectivity index (χ0v) is 15.1. The van der Waals surface area contributed by atoms with E-state index in [1.165, 1.54) is 5.56 Å². The third-order valence-corrected chi connectivity index (χ3v) is 5.10. The fourth-order valence-electron chi connectivity index (χ4n) is 2.19. The third-order valence-electron chi connectivity index (χ3n) is 3.70. The van der Waals surface area contributed by atoms with Crippen molar-refractivity contribution in [1.29, 1.82) is 0 Å². The Bertz CT molecular complexity index is 739. The van der Waals surface area contributed by atoms with E-state index in [0.29, 0.717) is 11.1 Å². The second kappa shape index (κ2) is 6.75. The lowest BCUT2D eigenvalue weighted by Gasteiger charge is -2.17. The second-order valence-electron chi connectivity index (χ2n) is 7.18. The minimum Gasteiger partial charge on any atom is -0.280 e. The summed E-state index contributed by atoms with van der Waals surface area (Å²) < 4.78 is 27.3. The van der Waals surface area contributed by atoms with E-state index < -0.39 is 10.0 Å². The molecule has 0 amide bonds. The topological polar surface area (TPSA) is 46.2 Å². The molecule has 0 saturated heterocycles. The average molecular weight is 331 g/mol. The molecule has 1 N–H and O–H groups in total. The Morgan fingerprint density at radius 2 is 1.48 bits per heavy atom. The summed E-state index contributed by atoms with van der Waals surface area (Å²) in [4.78, 5) is 0.278. The molecule has 0 atom stereocenters. The maximum absolute atomic E-state index is 12.3. The van der Waals surface area contributed by atoms with Gasteiger partial charge in [0.05, 0.1) is 4.90 Å². The van der Waals surface area contributed by atoms with Gasteiger partial charge in [-0.15, -0.1) is 0 Å². The van der Waals surface area contributed by atoms with Gasteiger partial charge >= 0.3 is 0 Å². The van der Waals surface area contributed by atoms with Crippen molar-refractivity contribution in [2.24, 2.45) is 5.41 Å². The van der Waals surface area contributed by atoms with Crippen LogP contribution < -0.4 is 4.72 Å². The number of sulfonamides is 1. The number of anilines is 1. The van der Waals surface area contributed by atoms with Crippen molar-refractivity contribution in [3.63, 3.8) is 0 Å². The Balaban J connectivity index is 2.07. The molecule has 124 valence electrons. The molecule has 2 rings (SSSR count). The van der Waals surface area contributed by atoms with Gasteiger partial charge in [-0.2, -0.15) is 0 Å². The SMILES string of the molecule is Cc1ccc(S(=O)(=O)Nc2ccc(CCC(C)(C)C)cc2)cc1. The second-order valence-corrected chi connectivity index (χ2v) is 8.86. The molecule has 0 fully saturated rings. The fraction of sp³-hybridized carbons (Fsp3) is 0.368. The number of hydrogen-bond donors (Lipinski definition) is 1. The van der Waals surface area contributed by atoms with E-state index in [2.05, 4.69) is 25.5 Å². The van der Waals surface area contributed by atoms with Gasteiger partial charge in [0.2, 0.25) is 0 Å². The van der Waals surface area contributed by atoms with Crippen LogP contribution in [0, 0.1) is 12.3 Å². The molecule has 2 aromatic carbocycles. The molecule has 0 aliphatic carbocycles. The Morgan fingerprint density at radius 1 is 0.913 bits per heavy atom. The number of benzene rings is 2. The molecule has 0 aromatic heterocycles. The van der Waals surface area contributed by atoms with E-state index in [1.54, 1.807) is 24.3 Å². The van der Waals surface area contributed by atoms with E-state index >= 15 is 0 Å². The zero-order chi connectivity index (χ0) is 17.1. The lowest BCUT2D eigenvalue weighted by atomic mass is 9.89. The highest BCUT2D eigenvalue weighted by Crippen LogP contribution is 2.23. The summed E-state index contributed by atoms with van der Waals surface area (Å²) in [7, 11) is -3.53. The van der Waals surface area contributed by atoms with Gasteiger partial charge in [0.1, 0.15) is 0 Å². The quantitative estimate of drug-likeness (QED) is 0.857. The van der Waals surface area contributed by atoms with Crippen LogP contribution in [0.5, 0.6) is 0 Å². The van der Waals surface area contributed by atoms with Crippen molar-refractivity contribution in [1.82, 2.24) is 0 Å². The minimum atomic E-state index is -3.53. The molecule has 3 nitrogen and oxygen atoms in total. The molecule has 0 radical (unpaired) electrons. The Morgan fingerprint density at radius 3 is 2.00 bits per heavy atom. The Hall–Kier alpha value is -1.81. The van der Waals surface area contributed by atoms with Crippen molar-refractivity contribution >= 4 is 15.7 Å². The lowest BCUT2D eigenvalue weighted by molar-refractivity contribution is 0.378. The number of nitrogens with one attached hydrogen (secondary N) is 1. The molecule has 0 saturated carbocycles. The first-order chi connectivity index (χ1) is 10.7. The maximum Gasteiger partial charge on any atom is 0.261 e. The van der Waals surface area contributed by atoms with Gasteiger partial charge < -0.3 is 0 Å². The van der Waals surface area contributed by atoms with Gasteiger partial charge in [-0.25, -0.2) is 8.42 Å². The first-order valence-electron chi connectivity index (χ1n) is 7.84. The summed E-state index contributed by atoms with van der Waals surface area (Å²) in [6.07, 6.45) is 2.09. The molecule has 23 heavy (non-hydrogen) atoms. The van der Waals surface area contributed by atoms with Gasteiger partial charge in [0.25, 0.3) is 10.0 Å². The summed E-state index contributed by atoms with van der Waals surface area (Å²) >= 11 is 0. The molecule has 0 heterocycles. The minimum absolute atomic E-state index is 0.278. The highest BCUT2D eigenvalue weighted by Gasteiger charge is 2.14. The molecule has 0 aliphatic rings. The highest BCUT2D eigenvalue weighted by molar-refractivity contribution is 7.92. The Labute approximate surface area is 139 Å². The smallest absolute Gasteiger partial charge is 0.261 e. The first kappa shape index (κ1) is 17.5. The summed E-state index contributed by atoms with van der Waals surface area (Å²) in [6, 6.07) is 14.4. The van der Waals surface area contributed by atoms with Crippen molar-refractivity contribution in [2.45, 2.75) is 45.4 Å². The molecule has 0 unspecified atom stereocenters. The van der Waals surface area contributed by atoms with Gasteiger partial charge in [-0.1, -0.05) is 50.6 Å². The van der Waals surface area contributed by atoms with Crippen LogP contribution in [0.2, 0.25) is 0 Å². The predicted octanol–water partition coefficient (Wildman–Crippen LogP) is 4.77. The summed E-state index contributed by atoms with van der Waals surface area (Å²) in [5, 5.41) is 0.